The summed E-state index contributed by atoms with van der Waals surface area (Å²) >= 11 is 0. The zero-order valence-electron chi connectivity index (χ0n) is 8.06. The first-order chi connectivity index (χ1) is 7.09. The Hall–Kier alpha value is -1.66. The average Bonchev–Trinajstić information content (AvgIpc) is 2.67. The van der Waals surface area contributed by atoms with E-state index in [2.05, 4.69) is 0 Å². The molecule has 2 aliphatic heterocycles. The molecule has 2 fully saturated rings. The molecule has 4 amide bonds. The molecule has 0 spiro atoms. The van der Waals surface area contributed by atoms with Gasteiger partial charge in [-0.25, -0.2) is 0 Å². The van der Waals surface area contributed by atoms with Gasteiger partial charge in [0.25, 0.3) is 0 Å². The van der Waals surface area contributed by atoms with Crippen molar-refractivity contribution < 1.29 is 19.2 Å². The number of carbonyl (C=O) groups excluding carboxylic acids is 4. The van der Waals surface area contributed by atoms with Gasteiger partial charge in [0, 0.05) is 25.7 Å². The number of rotatable bonds is 2. The van der Waals surface area contributed by atoms with Crippen LogP contribution in [-0.4, -0.2) is 40.8 Å². The lowest BCUT2D eigenvalue weighted by molar-refractivity contribution is -0.134. The zero-order chi connectivity index (χ0) is 11.0. The molecule has 6 nitrogen and oxygen atoms in total. The van der Waals surface area contributed by atoms with E-state index in [-0.39, 0.29) is 56.9 Å². The van der Waals surface area contributed by atoms with Gasteiger partial charge in [0.1, 0.15) is 0 Å². The summed E-state index contributed by atoms with van der Waals surface area (Å²) in [5.74, 6) is -1.25. The zero-order valence-corrected chi connectivity index (χ0v) is 8.06. The summed E-state index contributed by atoms with van der Waals surface area (Å²) < 4.78 is 0. The molecule has 0 aromatic heterocycles. The SMILES string of the molecule is O=C1CCC(=O)N1BN1C(=O)CCC1=O. The molecule has 0 aromatic rings. The van der Waals surface area contributed by atoms with E-state index in [1.807, 2.05) is 0 Å². The number of imide groups is 2. The molecular formula is C8H9BN2O4. The van der Waals surface area contributed by atoms with Crippen LogP contribution in [-0.2, 0) is 19.2 Å². The molecule has 2 aliphatic rings. The molecule has 0 atom stereocenters. The second-order valence-corrected chi connectivity index (χ2v) is 3.57. The van der Waals surface area contributed by atoms with Crippen LogP contribution in [0.25, 0.3) is 0 Å². The molecule has 0 N–H and O–H groups in total. The number of amides is 4. The highest BCUT2D eigenvalue weighted by atomic mass is 16.2. The van der Waals surface area contributed by atoms with Gasteiger partial charge in [-0.1, -0.05) is 0 Å². The molecule has 2 saturated heterocycles. The quantitative estimate of drug-likeness (QED) is 0.411. The van der Waals surface area contributed by atoms with E-state index in [1.54, 1.807) is 0 Å². The molecular weight excluding hydrogens is 199 g/mol. The summed E-state index contributed by atoms with van der Waals surface area (Å²) in [7, 11) is -0.199. The second-order valence-electron chi connectivity index (χ2n) is 3.57. The molecule has 15 heavy (non-hydrogen) atoms. The first kappa shape index (κ1) is 9.88. The monoisotopic (exact) mass is 208 g/mol. The van der Waals surface area contributed by atoms with Crippen molar-refractivity contribution in [3.8, 4) is 0 Å². The summed E-state index contributed by atoms with van der Waals surface area (Å²) in [6, 6.07) is 0. The highest BCUT2D eigenvalue weighted by molar-refractivity contribution is 6.49. The second kappa shape index (κ2) is 3.49. The number of hydrogen-bond donors (Lipinski definition) is 0. The minimum atomic E-state index is -0.312. The normalized spacial score (nSPS) is 21.9. The van der Waals surface area contributed by atoms with Crippen LogP contribution in [0.2, 0.25) is 0 Å². The van der Waals surface area contributed by atoms with Gasteiger partial charge in [-0.05, 0) is 0 Å². The third-order valence-electron chi connectivity index (χ3n) is 2.59. The minimum absolute atomic E-state index is 0.176. The van der Waals surface area contributed by atoms with Gasteiger partial charge in [-0.3, -0.25) is 19.2 Å². The van der Waals surface area contributed by atoms with Crippen molar-refractivity contribution in [2.45, 2.75) is 25.7 Å². The number of nitrogens with zero attached hydrogens (tertiary/aromatic N) is 2. The van der Waals surface area contributed by atoms with Crippen LogP contribution in [0.1, 0.15) is 25.7 Å². The predicted molar refractivity (Wildman–Crippen MR) is 49.3 cm³/mol. The van der Waals surface area contributed by atoms with Gasteiger partial charge in [-0.15, -0.1) is 0 Å². The number of hydrogen-bond acceptors (Lipinski definition) is 4. The smallest absolute Gasteiger partial charge is 0.309 e. The maximum atomic E-state index is 11.2. The Morgan fingerprint density at radius 3 is 1.20 bits per heavy atom. The lowest BCUT2D eigenvalue weighted by Gasteiger charge is -2.18. The van der Waals surface area contributed by atoms with Gasteiger partial charge in [0.05, 0.1) is 0 Å². The molecule has 0 unspecified atom stereocenters. The fourth-order valence-corrected chi connectivity index (χ4v) is 1.70. The summed E-state index contributed by atoms with van der Waals surface area (Å²) in [6.45, 7) is 0. The summed E-state index contributed by atoms with van der Waals surface area (Å²) in [5, 5.41) is 0. The van der Waals surface area contributed by atoms with Gasteiger partial charge in [0.15, 0.2) is 0 Å². The molecule has 0 saturated carbocycles. The Kier molecular flexibility index (Phi) is 2.30. The fraction of sp³-hybridized carbons (Fsp3) is 0.500. The van der Waals surface area contributed by atoms with Gasteiger partial charge in [-0.2, -0.15) is 0 Å². The van der Waals surface area contributed by atoms with Crippen molar-refractivity contribution in [2.75, 3.05) is 0 Å². The highest BCUT2D eigenvalue weighted by Gasteiger charge is 2.37. The van der Waals surface area contributed by atoms with Crippen molar-refractivity contribution in [3.05, 3.63) is 0 Å². The first-order valence-corrected chi connectivity index (χ1v) is 4.76. The van der Waals surface area contributed by atoms with E-state index in [0.29, 0.717) is 0 Å². The third-order valence-corrected chi connectivity index (χ3v) is 2.59. The largest absolute Gasteiger partial charge is 0.376 e. The van der Waals surface area contributed by atoms with Gasteiger partial charge in [0.2, 0.25) is 23.6 Å². The Morgan fingerprint density at radius 1 is 0.667 bits per heavy atom. The molecule has 0 bridgehead atoms. The Bertz CT molecular complexity index is 302. The van der Waals surface area contributed by atoms with E-state index < -0.39 is 0 Å². The average molecular weight is 208 g/mol. The van der Waals surface area contributed by atoms with E-state index >= 15 is 0 Å². The maximum Gasteiger partial charge on any atom is 0.376 e. The van der Waals surface area contributed by atoms with Crippen LogP contribution in [0.5, 0.6) is 0 Å². The van der Waals surface area contributed by atoms with Crippen molar-refractivity contribution in [1.29, 1.82) is 0 Å². The Labute approximate surface area is 86.5 Å². The highest BCUT2D eigenvalue weighted by Crippen LogP contribution is 2.15. The molecule has 2 heterocycles. The molecule has 0 radical (unpaired) electrons. The fourth-order valence-electron chi connectivity index (χ4n) is 1.70. The molecule has 0 aliphatic carbocycles. The van der Waals surface area contributed by atoms with Crippen LogP contribution in [0.3, 0.4) is 0 Å². The van der Waals surface area contributed by atoms with Crippen LogP contribution < -0.4 is 0 Å². The summed E-state index contributed by atoms with van der Waals surface area (Å²) in [5.41, 5.74) is 0. The van der Waals surface area contributed by atoms with Crippen LogP contribution >= 0.6 is 0 Å². The molecule has 0 aromatic carbocycles. The van der Waals surface area contributed by atoms with E-state index in [9.17, 15) is 19.2 Å². The van der Waals surface area contributed by atoms with Crippen LogP contribution in [0, 0.1) is 0 Å². The van der Waals surface area contributed by atoms with E-state index in [0.717, 1.165) is 9.62 Å². The van der Waals surface area contributed by atoms with Crippen molar-refractivity contribution in [1.82, 2.24) is 9.62 Å². The molecule has 2 rings (SSSR count). The predicted octanol–water partition coefficient (Wildman–Crippen LogP) is -1.45. The first-order valence-electron chi connectivity index (χ1n) is 4.76. The topological polar surface area (TPSA) is 74.8 Å². The Balaban J connectivity index is 2.08. The van der Waals surface area contributed by atoms with Gasteiger partial charge >= 0.3 is 7.55 Å². The van der Waals surface area contributed by atoms with Crippen LogP contribution in [0.15, 0.2) is 0 Å². The van der Waals surface area contributed by atoms with E-state index in [4.69, 9.17) is 0 Å². The van der Waals surface area contributed by atoms with E-state index in [1.165, 1.54) is 0 Å². The lowest BCUT2D eigenvalue weighted by atomic mass is 10.1. The Morgan fingerprint density at radius 2 is 0.933 bits per heavy atom. The van der Waals surface area contributed by atoms with Crippen molar-refractivity contribution >= 4 is 31.2 Å². The molecule has 7 heteroatoms. The summed E-state index contributed by atoms with van der Waals surface area (Å²) in [6.07, 6.45) is 0.703. The maximum absolute atomic E-state index is 11.2. The van der Waals surface area contributed by atoms with Crippen molar-refractivity contribution in [3.63, 3.8) is 0 Å². The lowest BCUT2D eigenvalue weighted by Crippen LogP contribution is -2.46. The van der Waals surface area contributed by atoms with Gasteiger partial charge < -0.3 is 9.62 Å². The van der Waals surface area contributed by atoms with Crippen LogP contribution in [0.4, 0.5) is 0 Å². The standard InChI is InChI=1S/C8H9BN2O4/c12-5-1-2-6(13)10(5)9-11-7(14)3-4-8(11)15/h9H,1-4H2. The summed E-state index contributed by atoms with van der Waals surface area (Å²) in [4.78, 5) is 46.9. The molecule has 78 valence electrons. The third kappa shape index (κ3) is 1.64. The minimum Gasteiger partial charge on any atom is -0.309 e. The van der Waals surface area contributed by atoms with Crippen molar-refractivity contribution in [2.24, 2.45) is 0 Å². The number of carbonyl (C=O) groups is 4.